The molecule has 0 aromatic heterocycles. The van der Waals surface area contributed by atoms with Crippen LogP contribution in [0.3, 0.4) is 0 Å². The third-order valence-corrected chi connectivity index (χ3v) is 3.64. The van der Waals surface area contributed by atoms with Crippen molar-refractivity contribution in [2.45, 2.75) is 50.7 Å². The molecule has 0 saturated heterocycles. The van der Waals surface area contributed by atoms with Crippen molar-refractivity contribution in [1.82, 2.24) is 4.72 Å². The van der Waals surface area contributed by atoms with Crippen LogP contribution in [0.25, 0.3) is 0 Å². The molecule has 0 aromatic carbocycles. The summed E-state index contributed by atoms with van der Waals surface area (Å²) in [6.07, 6.45) is -4.81. The van der Waals surface area contributed by atoms with Gasteiger partial charge in [-0.2, -0.15) is 13.2 Å². The highest BCUT2D eigenvalue weighted by Crippen LogP contribution is 2.25. The van der Waals surface area contributed by atoms with E-state index in [0.717, 1.165) is 0 Å². The Kier molecular flexibility index (Phi) is 6.60. The Hall–Kier alpha value is -0.510. The van der Waals surface area contributed by atoms with E-state index in [1.165, 1.54) is 27.7 Å². The van der Waals surface area contributed by atoms with Gasteiger partial charge in [0.05, 0.1) is 6.61 Å². The fraction of sp³-hybridized carbons (Fsp3) is 0.900. The van der Waals surface area contributed by atoms with Gasteiger partial charge in [-0.05, 0) is 27.7 Å². The predicted molar refractivity (Wildman–Crippen MR) is 65.5 cm³/mol. The molecule has 5 nitrogen and oxygen atoms in total. The molecule has 3 N–H and O–H groups in total. The summed E-state index contributed by atoms with van der Waals surface area (Å²) in [4.78, 5) is 11.3. The van der Waals surface area contributed by atoms with Gasteiger partial charge < -0.3 is 15.0 Å². The zero-order valence-electron chi connectivity index (χ0n) is 11.2. The minimum atomic E-state index is -4.81. The van der Waals surface area contributed by atoms with E-state index in [1.54, 1.807) is 0 Å². The third kappa shape index (κ3) is 5.98. The number of alkyl halides is 3. The number of halogens is 3. The van der Waals surface area contributed by atoms with E-state index in [9.17, 15) is 22.5 Å². The molecule has 0 rings (SSSR count). The van der Waals surface area contributed by atoms with Crippen molar-refractivity contribution in [2.75, 3.05) is 6.61 Å². The van der Waals surface area contributed by atoms with Gasteiger partial charge in [-0.1, -0.05) is 0 Å². The van der Waals surface area contributed by atoms with Gasteiger partial charge in [0.2, 0.25) is 0 Å². The molecule has 3 atom stereocenters. The molecular formula is C10H19F3N2O3S. The second kappa shape index (κ2) is 6.78. The lowest BCUT2D eigenvalue weighted by molar-refractivity contribution is -0.170. The van der Waals surface area contributed by atoms with Gasteiger partial charge in [0, 0.05) is 11.4 Å². The normalized spacial score (nSPS) is 17.7. The lowest BCUT2D eigenvalue weighted by Crippen LogP contribution is -2.61. The first-order valence-corrected chi connectivity index (χ1v) is 6.73. The van der Waals surface area contributed by atoms with Crippen molar-refractivity contribution < 1.29 is 27.3 Å². The maximum atomic E-state index is 12.8. The van der Waals surface area contributed by atoms with Crippen molar-refractivity contribution in [1.29, 1.82) is 0 Å². The summed E-state index contributed by atoms with van der Waals surface area (Å²) in [6, 6.07) is -4.39. The van der Waals surface area contributed by atoms with Gasteiger partial charge in [0.15, 0.2) is 6.04 Å². The van der Waals surface area contributed by atoms with E-state index in [4.69, 9.17) is 5.73 Å². The average molecular weight is 304 g/mol. The molecule has 0 saturated carbocycles. The number of carbonyl (C=O) groups is 1. The standard InChI is InChI=1S/C10H19F3N2O3S/c1-5-18-8(16)6(14)7(10(11,12)13)15-19(17)9(2,3)4/h6-7,15H,5,14H2,1-4H3/t6-,7-,19?/m0/s1. The third-order valence-electron chi connectivity index (χ3n) is 2.06. The summed E-state index contributed by atoms with van der Waals surface area (Å²) in [5.74, 6) is -1.19. The maximum Gasteiger partial charge on any atom is 0.410 e. The first kappa shape index (κ1) is 18.5. The fourth-order valence-electron chi connectivity index (χ4n) is 1.01. The largest absolute Gasteiger partial charge is 0.598 e. The average Bonchev–Trinajstić information content (AvgIpc) is 2.21. The topological polar surface area (TPSA) is 87.4 Å². The zero-order chi connectivity index (χ0) is 15.4. The summed E-state index contributed by atoms with van der Waals surface area (Å²) in [5.41, 5.74) is 5.23. The van der Waals surface area contributed by atoms with Gasteiger partial charge in [-0.25, -0.2) is 0 Å². The zero-order valence-corrected chi connectivity index (χ0v) is 12.0. The van der Waals surface area contributed by atoms with Crippen molar-refractivity contribution in [3.8, 4) is 0 Å². The molecule has 0 bridgehead atoms. The molecule has 0 heterocycles. The second-order valence-corrected chi connectivity index (χ2v) is 6.79. The number of esters is 1. The second-order valence-electron chi connectivity index (χ2n) is 4.80. The molecule has 19 heavy (non-hydrogen) atoms. The number of rotatable bonds is 5. The van der Waals surface area contributed by atoms with Crippen LogP contribution in [0.4, 0.5) is 13.2 Å². The van der Waals surface area contributed by atoms with Crippen LogP contribution >= 0.6 is 0 Å². The smallest absolute Gasteiger partial charge is 0.410 e. The van der Waals surface area contributed by atoms with Crippen molar-refractivity contribution >= 4 is 17.3 Å². The van der Waals surface area contributed by atoms with Gasteiger partial charge in [0.1, 0.15) is 10.8 Å². The molecule has 1 unspecified atom stereocenters. The maximum absolute atomic E-state index is 12.8. The van der Waals surface area contributed by atoms with Crippen LogP contribution in [0.15, 0.2) is 0 Å². The first-order chi connectivity index (χ1) is 8.41. The Morgan fingerprint density at radius 1 is 1.42 bits per heavy atom. The summed E-state index contributed by atoms with van der Waals surface area (Å²) < 4.78 is 55.6. The highest BCUT2D eigenvalue weighted by Gasteiger charge is 2.50. The fourth-order valence-corrected chi connectivity index (χ4v) is 1.87. The predicted octanol–water partition coefficient (Wildman–Crippen LogP) is 0.859. The van der Waals surface area contributed by atoms with Crippen LogP contribution in [0.5, 0.6) is 0 Å². The minimum absolute atomic E-state index is 0.0839. The van der Waals surface area contributed by atoms with Crippen LogP contribution < -0.4 is 10.5 Å². The van der Waals surface area contributed by atoms with E-state index in [-0.39, 0.29) is 6.61 Å². The van der Waals surface area contributed by atoms with E-state index >= 15 is 0 Å². The Morgan fingerprint density at radius 2 is 1.89 bits per heavy atom. The monoisotopic (exact) mass is 304 g/mol. The quantitative estimate of drug-likeness (QED) is 0.581. The summed E-state index contributed by atoms with van der Waals surface area (Å²) in [5, 5.41) is 0. The van der Waals surface area contributed by atoms with E-state index in [0.29, 0.717) is 0 Å². The van der Waals surface area contributed by atoms with Crippen LogP contribution in [-0.2, 0) is 20.9 Å². The first-order valence-electron chi connectivity index (χ1n) is 5.58. The molecule has 0 spiro atoms. The Morgan fingerprint density at radius 3 is 2.21 bits per heavy atom. The van der Waals surface area contributed by atoms with Crippen molar-refractivity contribution in [2.24, 2.45) is 5.73 Å². The molecule has 0 radical (unpaired) electrons. The lowest BCUT2D eigenvalue weighted by Gasteiger charge is -2.30. The van der Waals surface area contributed by atoms with Crippen molar-refractivity contribution in [3.05, 3.63) is 0 Å². The van der Waals surface area contributed by atoms with Gasteiger partial charge in [-0.15, -0.1) is 4.72 Å². The highest BCUT2D eigenvalue weighted by atomic mass is 32.2. The molecule has 0 amide bonds. The molecule has 9 heteroatoms. The summed E-state index contributed by atoms with van der Waals surface area (Å²) >= 11 is -2.01. The minimum Gasteiger partial charge on any atom is -0.598 e. The van der Waals surface area contributed by atoms with E-state index in [2.05, 4.69) is 4.74 Å². The number of nitrogens with two attached hydrogens (primary N) is 1. The van der Waals surface area contributed by atoms with Crippen molar-refractivity contribution in [3.63, 3.8) is 0 Å². The number of nitrogens with one attached hydrogen (secondary N) is 1. The number of hydrogen-bond donors (Lipinski definition) is 2. The van der Waals surface area contributed by atoms with Gasteiger partial charge in [0.25, 0.3) is 0 Å². The van der Waals surface area contributed by atoms with E-state index < -0.39 is 40.3 Å². The van der Waals surface area contributed by atoms with Gasteiger partial charge in [-0.3, -0.25) is 4.79 Å². The summed E-state index contributed by atoms with van der Waals surface area (Å²) in [7, 11) is 0. The number of ether oxygens (including phenoxy) is 1. The van der Waals surface area contributed by atoms with Gasteiger partial charge >= 0.3 is 12.1 Å². The molecule has 0 aliphatic rings. The number of carbonyl (C=O) groups excluding carboxylic acids is 1. The SMILES string of the molecule is CCOC(=O)[C@@H](N)[C@H](N[S+]([O-])C(C)(C)C)C(F)(F)F. The number of hydrogen-bond acceptors (Lipinski definition) is 5. The molecular weight excluding hydrogens is 285 g/mol. The highest BCUT2D eigenvalue weighted by molar-refractivity contribution is 7.90. The molecule has 0 aliphatic heterocycles. The Balaban J connectivity index is 4.99. The Bertz CT molecular complexity index is 307. The summed E-state index contributed by atoms with van der Waals surface area (Å²) in [6.45, 7) is 5.87. The van der Waals surface area contributed by atoms with E-state index in [1.807, 2.05) is 4.72 Å². The molecule has 0 fully saturated rings. The van der Waals surface area contributed by atoms with Crippen LogP contribution in [0.2, 0.25) is 0 Å². The molecule has 0 aliphatic carbocycles. The molecule has 0 aromatic rings. The van der Waals surface area contributed by atoms with Crippen LogP contribution in [0.1, 0.15) is 27.7 Å². The van der Waals surface area contributed by atoms with Crippen LogP contribution in [0, 0.1) is 0 Å². The lowest BCUT2D eigenvalue weighted by atomic mass is 10.1. The van der Waals surface area contributed by atoms with Crippen LogP contribution in [-0.4, -0.2) is 40.1 Å². The molecule has 114 valence electrons. The Labute approximate surface area is 113 Å².